The third-order valence-corrected chi connectivity index (χ3v) is 3.00. The van der Waals surface area contributed by atoms with E-state index in [0.29, 0.717) is 6.07 Å². The number of carbonyl (C=O) groups is 1. The van der Waals surface area contributed by atoms with Gasteiger partial charge in [-0.2, -0.15) is 8.78 Å². The number of nitrogens with zero attached hydrogens (tertiary/aromatic N) is 2. The number of nitro benzene ring substituents is 1. The van der Waals surface area contributed by atoms with Crippen LogP contribution >= 0.6 is 0 Å². The molecule has 1 atom stereocenters. The van der Waals surface area contributed by atoms with Gasteiger partial charge in [0.15, 0.2) is 0 Å². The van der Waals surface area contributed by atoms with Gasteiger partial charge in [-0.05, 0) is 13.0 Å². The minimum absolute atomic E-state index is 0.108. The highest BCUT2D eigenvalue weighted by molar-refractivity contribution is 5.77. The van der Waals surface area contributed by atoms with E-state index in [1.54, 1.807) is 0 Å². The molecule has 2 amide bonds. The first-order valence-corrected chi connectivity index (χ1v) is 5.36. The van der Waals surface area contributed by atoms with Gasteiger partial charge in [-0.15, -0.1) is 0 Å². The fraction of sp³-hybridized carbons (Fsp3) is 0.300. The molecule has 1 saturated heterocycles. The fourth-order valence-electron chi connectivity index (χ4n) is 1.99. The summed E-state index contributed by atoms with van der Waals surface area (Å²) in [5.74, 6) is -1.07. The molecule has 1 aliphatic rings. The van der Waals surface area contributed by atoms with E-state index in [4.69, 9.17) is 0 Å². The van der Waals surface area contributed by atoms with Gasteiger partial charge in [-0.25, -0.2) is 19.5 Å². The summed E-state index contributed by atoms with van der Waals surface area (Å²) in [5.41, 5.74) is 1.53. The lowest BCUT2D eigenvalue weighted by Gasteiger charge is -2.32. The van der Waals surface area contributed by atoms with Gasteiger partial charge in [0, 0.05) is 11.6 Å². The molecule has 0 radical (unpaired) electrons. The van der Waals surface area contributed by atoms with Crippen LogP contribution in [-0.2, 0) is 5.66 Å². The maximum Gasteiger partial charge on any atom is 0.337 e. The highest BCUT2D eigenvalue weighted by Crippen LogP contribution is 2.34. The quantitative estimate of drug-likeness (QED) is 0.503. The van der Waals surface area contributed by atoms with Crippen molar-refractivity contribution in [2.75, 3.05) is 0 Å². The molecule has 1 unspecified atom stereocenters. The lowest BCUT2D eigenvalue weighted by Crippen LogP contribution is -2.50. The molecule has 0 saturated carbocycles. The van der Waals surface area contributed by atoms with Crippen LogP contribution in [-0.4, -0.2) is 22.4 Å². The zero-order valence-electron chi connectivity index (χ0n) is 10.1. The molecule has 2 N–H and O–H groups in total. The summed E-state index contributed by atoms with van der Waals surface area (Å²) >= 11 is 0. The maximum absolute atomic E-state index is 13.9. The molecule has 20 heavy (non-hydrogen) atoms. The van der Waals surface area contributed by atoms with E-state index in [1.807, 2.05) is 5.43 Å². The first-order chi connectivity index (χ1) is 9.27. The molecule has 0 spiro atoms. The van der Waals surface area contributed by atoms with Gasteiger partial charge in [-0.3, -0.25) is 15.5 Å². The molecule has 7 nitrogen and oxygen atoms in total. The Morgan fingerprint density at radius 1 is 1.45 bits per heavy atom. The van der Waals surface area contributed by atoms with E-state index in [2.05, 4.69) is 5.43 Å². The Balaban J connectivity index is 2.49. The number of amides is 2. The van der Waals surface area contributed by atoms with Crippen molar-refractivity contribution in [3.63, 3.8) is 0 Å². The lowest BCUT2D eigenvalue weighted by molar-refractivity contribution is -0.385. The van der Waals surface area contributed by atoms with Crippen molar-refractivity contribution in [2.24, 2.45) is 0 Å². The van der Waals surface area contributed by atoms with Crippen LogP contribution in [0.5, 0.6) is 0 Å². The molecule has 1 heterocycles. The van der Waals surface area contributed by atoms with E-state index in [9.17, 15) is 28.1 Å². The molecular weight excluding hydrogens is 281 g/mol. The third kappa shape index (κ3) is 2.03. The number of hydrazine groups is 1. The molecule has 108 valence electrons. The number of urea groups is 1. The minimum atomic E-state index is -3.18. The predicted molar refractivity (Wildman–Crippen MR) is 59.9 cm³/mol. The zero-order chi connectivity index (χ0) is 15.1. The predicted octanol–water partition coefficient (Wildman–Crippen LogP) is 1.66. The molecule has 1 aromatic rings. The van der Waals surface area contributed by atoms with Crippen LogP contribution in [0, 0.1) is 15.9 Å². The number of rotatable bonds is 3. The van der Waals surface area contributed by atoms with E-state index in [-0.39, 0.29) is 10.5 Å². The second-order valence-corrected chi connectivity index (χ2v) is 4.20. The van der Waals surface area contributed by atoms with E-state index >= 15 is 0 Å². The lowest BCUT2D eigenvalue weighted by atomic mass is 10.00. The Morgan fingerprint density at radius 2 is 2.10 bits per heavy atom. The first-order valence-electron chi connectivity index (χ1n) is 5.36. The number of nitrogens with one attached hydrogen (secondary N) is 2. The van der Waals surface area contributed by atoms with Crippen LogP contribution in [0.3, 0.4) is 0 Å². The zero-order valence-corrected chi connectivity index (χ0v) is 10.1. The van der Waals surface area contributed by atoms with Crippen molar-refractivity contribution < 1.29 is 22.9 Å². The Labute approximate surface area is 110 Å². The third-order valence-electron chi connectivity index (χ3n) is 3.00. The van der Waals surface area contributed by atoms with Crippen molar-refractivity contribution >= 4 is 11.7 Å². The fourth-order valence-corrected chi connectivity index (χ4v) is 1.99. The number of alkyl halides is 2. The highest BCUT2D eigenvalue weighted by atomic mass is 19.3. The molecule has 1 fully saturated rings. The summed E-state index contributed by atoms with van der Waals surface area (Å²) in [4.78, 5) is 21.1. The number of benzene rings is 1. The number of hydrogen-bond acceptors (Lipinski definition) is 4. The van der Waals surface area contributed by atoms with Gasteiger partial charge >= 0.3 is 12.6 Å². The summed E-state index contributed by atoms with van der Waals surface area (Å²) in [6.07, 6.45) is 0. The summed E-state index contributed by atoms with van der Waals surface area (Å²) in [6.45, 7) is -2.02. The van der Waals surface area contributed by atoms with Gasteiger partial charge in [0.25, 0.3) is 5.69 Å². The van der Waals surface area contributed by atoms with E-state index in [0.717, 1.165) is 19.1 Å². The van der Waals surface area contributed by atoms with Crippen molar-refractivity contribution in [2.45, 2.75) is 19.1 Å². The molecule has 0 aromatic heterocycles. The Morgan fingerprint density at radius 3 is 2.60 bits per heavy atom. The molecule has 1 aromatic carbocycles. The number of carbonyl (C=O) groups excluding carboxylic acids is 1. The van der Waals surface area contributed by atoms with Crippen molar-refractivity contribution in [1.82, 2.24) is 15.8 Å². The highest BCUT2D eigenvalue weighted by Gasteiger charge is 2.48. The molecule has 0 aliphatic carbocycles. The molecule has 10 heteroatoms. The van der Waals surface area contributed by atoms with Gasteiger partial charge in [-0.1, -0.05) is 0 Å². The van der Waals surface area contributed by atoms with Crippen molar-refractivity contribution in [3.8, 4) is 0 Å². The Kier molecular flexibility index (Phi) is 3.26. The normalized spacial score (nSPS) is 22.2. The minimum Gasteiger partial charge on any atom is -0.270 e. The van der Waals surface area contributed by atoms with Crippen LogP contribution in [0.2, 0.25) is 0 Å². The standard InChI is InChI=1S/C10H9F3N4O3/c1-10(15-14-9(18)16(10)8(12)13)6-3-2-5(17(19)20)4-7(6)11/h2-4,8,15H,1H3,(H,14,18). The molecule has 0 bridgehead atoms. The van der Waals surface area contributed by atoms with Crippen molar-refractivity contribution in [1.29, 1.82) is 0 Å². The van der Waals surface area contributed by atoms with Gasteiger partial charge in [0.2, 0.25) is 0 Å². The number of nitro groups is 1. The maximum atomic E-state index is 13.9. The second kappa shape index (κ2) is 4.63. The Hall–Kier alpha value is -2.36. The first kappa shape index (κ1) is 14.1. The number of non-ortho nitro benzene ring substituents is 1. The molecule has 2 rings (SSSR count). The topological polar surface area (TPSA) is 87.5 Å². The van der Waals surface area contributed by atoms with Crippen LogP contribution in [0.1, 0.15) is 12.5 Å². The second-order valence-electron chi connectivity index (χ2n) is 4.20. The largest absolute Gasteiger partial charge is 0.337 e. The molecular formula is C10H9F3N4O3. The van der Waals surface area contributed by atoms with Gasteiger partial charge in [0.05, 0.1) is 11.0 Å². The monoisotopic (exact) mass is 290 g/mol. The van der Waals surface area contributed by atoms with Gasteiger partial charge < -0.3 is 0 Å². The summed E-state index contributed by atoms with van der Waals surface area (Å²) < 4.78 is 39.7. The smallest absolute Gasteiger partial charge is 0.270 e. The van der Waals surface area contributed by atoms with Crippen molar-refractivity contribution in [3.05, 3.63) is 39.7 Å². The van der Waals surface area contributed by atoms with Crippen LogP contribution in [0.15, 0.2) is 18.2 Å². The average Bonchev–Trinajstić information content (AvgIpc) is 2.65. The van der Waals surface area contributed by atoms with E-state index < -0.39 is 34.7 Å². The van der Waals surface area contributed by atoms with Crippen LogP contribution in [0.25, 0.3) is 0 Å². The van der Waals surface area contributed by atoms with Crippen LogP contribution < -0.4 is 10.9 Å². The molecule has 1 aliphatic heterocycles. The van der Waals surface area contributed by atoms with E-state index in [1.165, 1.54) is 0 Å². The average molecular weight is 290 g/mol. The summed E-state index contributed by atoms with van der Waals surface area (Å²) in [7, 11) is 0. The Bertz CT molecular complexity index is 583. The van der Waals surface area contributed by atoms with Crippen LogP contribution in [0.4, 0.5) is 23.7 Å². The number of hydrogen-bond donors (Lipinski definition) is 2. The van der Waals surface area contributed by atoms with Gasteiger partial charge in [0.1, 0.15) is 11.5 Å². The summed E-state index contributed by atoms with van der Waals surface area (Å²) in [5, 5.41) is 10.5. The number of halogens is 3. The summed E-state index contributed by atoms with van der Waals surface area (Å²) in [6, 6.07) is 1.43. The SMILES string of the molecule is CC1(c2ccc([N+](=O)[O-])cc2F)NNC(=O)N1C(F)F.